The molecule has 0 aromatic heterocycles. The number of carbonyl (C=O) groups is 2. The number of hydrogen-bond acceptors (Lipinski definition) is 6. The topological polar surface area (TPSA) is 83.6 Å². The maximum atomic E-state index is 12.5. The van der Waals surface area contributed by atoms with E-state index in [4.69, 9.17) is 12.2 Å². The summed E-state index contributed by atoms with van der Waals surface area (Å²) in [6.07, 6.45) is 3.92. The highest BCUT2D eigenvalue weighted by Gasteiger charge is 2.31. The van der Waals surface area contributed by atoms with E-state index in [-0.39, 0.29) is 24.0 Å². The zero-order chi connectivity index (χ0) is 19.4. The van der Waals surface area contributed by atoms with Crippen molar-refractivity contribution >= 4 is 56.0 Å². The van der Waals surface area contributed by atoms with Gasteiger partial charge in [0.05, 0.1) is 16.7 Å². The predicted octanol–water partition coefficient (Wildman–Crippen LogP) is 2.09. The lowest BCUT2D eigenvalue weighted by Crippen LogP contribution is -2.36. The van der Waals surface area contributed by atoms with Crippen LogP contribution in [0.4, 0.5) is 0 Å². The lowest BCUT2D eigenvalue weighted by Gasteiger charge is -2.15. The fourth-order valence-corrected chi connectivity index (χ4v) is 5.28. The van der Waals surface area contributed by atoms with Gasteiger partial charge in [0, 0.05) is 18.4 Å². The number of rotatable bonds is 6. The zero-order valence-electron chi connectivity index (χ0n) is 14.3. The Morgan fingerprint density at radius 1 is 1.33 bits per heavy atom. The number of nitrogens with zero attached hydrogens (tertiary/aromatic N) is 1. The van der Waals surface area contributed by atoms with E-state index >= 15 is 0 Å². The van der Waals surface area contributed by atoms with Crippen molar-refractivity contribution in [2.24, 2.45) is 0 Å². The average Bonchev–Trinajstić information content (AvgIpc) is 3.08. The first-order valence-corrected chi connectivity index (χ1v) is 11.3. The van der Waals surface area contributed by atoms with Gasteiger partial charge in [0.15, 0.2) is 9.84 Å². The molecule has 1 aromatic rings. The van der Waals surface area contributed by atoms with Crippen molar-refractivity contribution in [2.45, 2.75) is 18.9 Å². The summed E-state index contributed by atoms with van der Waals surface area (Å²) in [6, 6.07) is 9.05. The largest absolute Gasteiger partial charge is 0.349 e. The second-order valence-corrected chi connectivity index (χ2v) is 9.79. The minimum atomic E-state index is -3.20. The Morgan fingerprint density at radius 2 is 2.07 bits per heavy atom. The van der Waals surface area contributed by atoms with Crippen LogP contribution in [0.15, 0.2) is 46.7 Å². The predicted molar refractivity (Wildman–Crippen MR) is 110 cm³/mol. The number of hydrogen-bond donors (Lipinski definition) is 1. The molecule has 0 unspecified atom stereocenters. The van der Waals surface area contributed by atoms with Crippen LogP contribution < -0.4 is 5.32 Å². The van der Waals surface area contributed by atoms with Gasteiger partial charge in [-0.1, -0.05) is 54.3 Å². The maximum absolute atomic E-state index is 12.5. The van der Waals surface area contributed by atoms with E-state index in [1.165, 1.54) is 22.7 Å². The zero-order valence-corrected chi connectivity index (χ0v) is 16.8. The van der Waals surface area contributed by atoms with Gasteiger partial charge in [-0.15, -0.1) is 0 Å². The lowest BCUT2D eigenvalue weighted by molar-refractivity contribution is -0.124. The van der Waals surface area contributed by atoms with Crippen molar-refractivity contribution in [3.05, 3.63) is 52.3 Å². The van der Waals surface area contributed by atoms with Crippen LogP contribution in [0.3, 0.4) is 0 Å². The summed E-state index contributed by atoms with van der Waals surface area (Å²) < 4.78 is 23.2. The van der Waals surface area contributed by atoms with Gasteiger partial charge < -0.3 is 5.32 Å². The molecule has 0 saturated carbocycles. The van der Waals surface area contributed by atoms with Gasteiger partial charge in [0.2, 0.25) is 5.91 Å². The highest BCUT2D eigenvalue weighted by Crippen LogP contribution is 2.32. The summed E-state index contributed by atoms with van der Waals surface area (Å²) in [5, 5.41) is 3.79. The molecule has 3 rings (SSSR count). The summed E-state index contributed by atoms with van der Waals surface area (Å²) in [4.78, 5) is 26.5. The number of nitrogens with one attached hydrogen (secondary N) is 1. The van der Waals surface area contributed by atoms with Crippen LogP contribution in [-0.2, 0) is 19.4 Å². The quantitative estimate of drug-likeness (QED) is 0.558. The minimum absolute atomic E-state index is 0.0995. The van der Waals surface area contributed by atoms with Gasteiger partial charge >= 0.3 is 0 Å². The number of amides is 2. The SMILES string of the molecule is O=C(CCCN1C(=O)/C(=C/c2ccccc2)SC1=S)N[C@H]1C=CS(=O)(=O)C1. The first kappa shape index (κ1) is 19.8. The first-order chi connectivity index (χ1) is 12.8. The van der Waals surface area contributed by atoms with Crippen LogP contribution in [-0.4, -0.2) is 47.8 Å². The van der Waals surface area contributed by atoms with Crippen LogP contribution in [0.2, 0.25) is 0 Å². The number of thiocarbonyl (C=S) groups is 1. The highest BCUT2D eigenvalue weighted by molar-refractivity contribution is 8.26. The molecule has 2 aliphatic heterocycles. The van der Waals surface area contributed by atoms with Gasteiger partial charge in [0.1, 0.15) is 4.32 Å². The Morgan fingerprint density at radius 3 is 2.74 bits per heavy atom. The van der Waals surface area contributed by atoms with Gasteiger partial charge in [-0.3, -0.25) is 14.5 Å². The number of sulfone groups is 1. The van der Waals surface area contributed by atoms with Crippen LogP contribution >= 0.6 is 24.0 Å². The third-order valence-corrected chi connectivity index (χ3v) is 6.81. The molecule has 0 aliphatic carbocycles. The Kier molecular flexibility index (Phi) is 6.13. The number of benzene rings is 1. The molecule has 0 radical (unpaired) electrons. The average molecular weight is 423 g/mol. The van der Waals surface area contributed by atoms with Crippen molar-refractivity contribution in [2.75, 3.05) is 12.3 Å². The Hall–Kier alpha value is -1.97. The molecule has 0 bridgehead atoms. The van der Waals surface area contributed by atoms with E-state index in [1.54, 1.807) is 6.08 Å². The van der Waals surface area contributed by atoms with E-state index in [0.717, 1.165) is 11.0 Å². The molecule has 1 fully saturated rings. The fraction of sp³-hybridized carbons (Fsp3) is 0.278. The minimum Gasteiger partial charge on any atom is -0.349 e. The van der Waals surface area contributed by atoms with Crippen molar-refractivity contribution in [1.82, 2.24) is 10.2 Å². The second-order valence-electron chi connectivity index (χ2n) is 6.18. The monoisotopic (exact) mass is 422 g/mol. The third-order valence-electron chi connectivity index (χ3n) is 4.03. The summed E-state index contributed by atoms with van der Waals surface area (Å²) in [5.74, 6) is -0.497. The van der Waals surface area contributed by atoms with Gasteiger partial charge in [-0.05, 0) is 24.1 Å². The molecule has 1 atom stereocenters. The van der Waals surface area contributed by atoms with Crippen LogP contribution in [0, 0.1) is 0 Å². The lowest BCUT2D eigenvalue weighted by atomic mass is 10.2. The number of carbonyl (C=O) groups excluding carboxylic acids is 2. The normalized spacial score (nSPS) is 22.6. The van der Waals surface area contributed by atoms with Crippen LogP contribution in [0.1, 0.15) is 18.4 Å². The molecule has 2 heterocycles. The molecule has 6 nitrogen and oxygen atoms in total. The van der Waals surface area contributed by atoms with Gasteiger partial charge in [-0.2, -0.15) is 0 Å². The molecule has 2 aliphatic rings. The molecular formula is C18H18N2O4S3. The van der Waals surface area contributed by atoms with E-state index in [1.807, 2.05) is 30.3 Å². The smallest absolute Gasteiger partial charge is 0.266 e. The standard InChI is InChI=1S/C18H18N2O4S3/c21-16(19-14-8-10-27(23,24)12-14)7-4-9-20-17(22)15(26-18(20)25)11-13-5-2-1-3-6-13/h1-3,5-6,8,10-11,14H,4,7,9,12H2,(H,19,21)/b15-11-/t14-/m0/s1. The molecule has 142 valence electrons. The Labute approximate surface area is 167 Å². The van der Waals surface area contributed by atoms with Crippen molar-refractivity contribution in [3.63, 3.8) is 0 Å². The van der Waals surface area contributed by atoms with Crippen molar-refractivity contribution < 1.29 is 18.0 Å². The maximum Gasteiger partial charge on any atom is 0.266 e. The molecule has 1 aromatic carbocycles. The molecule has 9 heteroatoms. The molecular weight excluding hydrogens is 404 g/mol. The van der Waals surface area contributed by atoms with Crippen molar-refractivity contribution in [1.29, 1.82) is 0 Å². The van der Waals surface area contributed by atoms with E-state index in [2.05, 4.69) is 5.32 Å². The van der Waals surface area contributed by atoms with E-state index in [0.29, 0.717) is 22.2 Å². The molecule has 1 saturated heterocycles. The van der Waals surface area contributed by atoms with E-state index < -0.39 is 15.9 Å². The fourth-order valence-electron chi connectivity index (χ4n) is 2.74. The Balaban J connectivity index is 1.49. The Bertz CT molecular complexity index is 923. The highest BCUT2D eigenvalue weighted by atomic mass is 32.2. The van der Waals surface area contributed by atoms with Crippen LogP contribution in [0.5, 0.6) is 0 Å². The molecule has 27 heavy (non-hydrogen) atoms. The molecule has 0 spiro atoms. The second kappa shape index (κ2) is 8.37. The first-order valence-electron chi connectivity index (χ1n) is 8.35. The molecule has 2 amide bonds. The summed E-state index contributed by atoms with van der Waals surface area (Å²) in [6.45, 7) is 0.350. The summed E-state index contributed by atoms with van der Waals surface area (Å²) in [7, 11) is -3.20. The van der Waals surface area contributed by atoms with Crippen LogP contribution in [0.25, 0.3) is 6.08 Å². The van der Waals surface area contributed by atoms with Gasteiger partial charge in [0.25, 0.3) is 5.91 Å². The van der Waals surface area contributed by atoms with Crippen molar-refractivity contribution in [3.8, 4) is 0 Å². The summed E-state index contributed by atoms with van der Waals surface area (Å²) in [5.41, 5.74) is 0.928. The summed E-state index contributed by atoms with van der Waals surface area (Å²) >= 11 is 6.54. The third kappa shape index (κ3) is 5.27. The van der Waals surface area contributed by atoms with Gasteiger partial charge in [-0.25, -0.2) is 8.42 Å². The molecule has 1 N–H and O–H groups in total. The number of thioether (sulfide) groups is 1. The van der Waals surface area contributed by atoms with E-state index in [9.17, 15) is 18.0 Å².